The molecule has 278 valence electrons. The molecule has 0 radical (unpaired) electrons. The summed E-state index contributed by atoms with van der Waals surface area (Å²) in [4.78, 5) is 4.73. The normalized spacial score (nSPS) is 11.4. The van der Waals surface area contributed by atoms with Crippen molar-refractivity contribution in [3.63, 3.8) is 0 Å². The minimum atomic E-state index is 0.906. The summed E-state index contributed by atoms with van der Waals surface area (Å²) in [5.74, 6) is 0. The van der Waals surface area contributed by atoms with E-state index in [1.54, 1.807) is 0 Å². The Hall–Kier alpha value is -7.88. The van der Waals surface area contributed by atoms with Gasteiger partial charge in [-0.3, -0.25) is 0 Å². The van der Waals surface area contributed by atoms with Gasteiger partial charge in [-0.25, -0.2) is 0 Å². The molecule has 3 nitrogen and oxygen atoms in total. The van der Waals surface area contributed by atoms with E-state index in [4.69, 9.17) is 4.42 Å². The van der Waals surface area contributed by atoms with Gasteiger partial charge in [0, 0.05) is 44.9 Å². The lowest BCUT2D eigenvalue weighted by Gasteiger charge is -2.30. The van der Waals surface area contributed by atoms with Gasteiger partial charge in [0.1, 0.15) is 11.2 Å². The van der Waals surface area contributed by atoms with Gasteiger partial charge in [0.05, 0.1) is 0 Å². The third-order valence-electron chi connectivity index (χ3n) is 11.4. The first kappa shape index (κ1) is 34.4. The van der Waals surface area contributed by atoms with Crippen molar-refractivity contribution in [2.24, 2.45) is 0 Å². The van der Waals surface area contributed by atoms with E-state index in [1.165, 1.54) is 32.8 Å². The van der Waals surface area contributed by atoms with Crippen molar-refractivity contribution < 1.29 is 4.42 Å². The maximum absolute atomic E-state index is 6.31. The summed E-state index contributed by atoms with van der Waals surface area (Å²) in [5.41, 5.74) is 13.0. The third-order valence-corrected chi connectivity index (χ3v) is 11.4. The quantitative estimate of drug-likeness (QED) is 0.144. The largest absolute Gasteiger partial charge is 0.456 e. The van der Waals surface area contributed by atoms with Crippen molar-refractivity contribution in [2.75, 3.05) is 9.80 Å². The van der Waals surface area contributed by atoms with Crippen LogP contribution in [-0.4, -0.2) is 0 Å². The van der Waals surface area contributed by atoms with Gasteiger partial charge in [-0.15, -0.1) is 0 Å². The number of para-hydroxylation sites is 2. The Bertz CT molecular complexity index is 3260. The van der Waals surface area contributed by atoms with Crippen LogP contribution in [0.3, 0.4) is 0 Å². The maximum atomic E-state index is 6.31. The number of anilines is 6. The standard InChI is InChI=1S/C56H38N2O/c1-4-14-39(15-5-1)41-28-31-46(32-29-41)57(45-19-8-3-9-20-45)48-22-13-23-49(36-48)58(47-21-12-18-43(34-47)40-16-6-2-7-17-40)50-33-30-42-26-27-44-35-56-54(38-53(44)52(42)37-50)51-24-10-11-25-55(51)59-56/h1-38H. The Balaban J connectivity index is 1.09. The first-order chi connectivity index (χ1) is 29.2. The van der Waals surface area contributed by atoms with Gasteiger partial charge in [0.15, 0.2) is 0 Å². The summed E-state index contributed by atoms with van der Waals surface area (Å²) in [7, 11) is 0. The monoisotopic (exact) mass is 754 g/mol. The number of benzene rings is 10. The molecule has 0 N–H and O–H groups in total. The first-order valence-electron chi connectivity index (χ1n) is 20.1. The Morgan fingerprint density at radius 1 is 0.237 bits per heavy atom. The number of rotatable bonds is 8. The van der Waals surface area contributed by atoms with Gasteiger partial charge in [-0.05, 0) is 129 Å². The number of fused-ring (bicyclic) bond motifs is 6. The van der Waals surface area contributed by atoms with Crippen LogP contribution in [0.2, 0.25) is 0 Å². The fourth-order valence-electron chi connectivity index (χ4n) is 8.53. The highest BCUT2D eigenvalue weighted by molar-refractivity contribution is 6.17. The fourth-order valence-corrected chi connectivity index (χ4v) is 8.53. The maximum Gasteiger partial charge on any atom is 0.136 e. The van der Waals surface area contributed by atoms with E-state index in [0.29, 0.717) is 0 Å². The molecular weight excluding hydrogens is 717 g/mol. The Kier molecular flexibility index (Phi) is 8.49. The molecule has 0 unspecified atom stereocenters. The highest BCUT2D eigenvalue weighted by Gasteiger charge is 2.19. The number of nitrogens with zero attached hydrogens (tertiary/aromatic N) is 2. The molecule has 0 atom stereocenters. The molecule has 0 bridgehead atoms. The van der Waals surface area contributed by atoms with Gasteiger partial charge >= 0.3 is 0 Å². The minimum absolute atomic E-state index is 0.906. The topological polar surface area (TPSA) is 19.6 Å². The van der Waals surface area contributed by atoms with Crippen LogP contribution >= 0.6 is 0 Å². The SMILES string of the molecule is c1ccc(-c2ccc(N(c3ccccc3)c3cccc(N(c4cccc(-c5ccccc5)c4)c4ccc5ccc6cc7oc8ccccc8c7cc6c5c4)c3)cc2)cc1. The van der Waals surface area contributed by atoms with Crippen LogP contribution in [0, 0.1) is 0 Å². The van der Waals surface area contributed by atoms with Gasteiger partial charge in [0.25, 0.3) is 0 Å². The molecule has 1 aromatic heterocycles. The van der Waals surface area contributed by atoms with Gasteiger partial charge in [-0.1, -0.05) is 146 Å². The van der Waals surface area contributed by atoms with Crippen molar-refractivity contribution in [1.29, 1.82) is 0 Å². The Morgan fingerprint density at radius 2 is 0.712 bits per heavy atom. The molecule has 0 aliphatic heterocycles. The van der Waals surface area contributed by atoms with Crippen LogP contribution in [0.25, 0.3) is 65.7 Å². The zero-order valence-electron chi connectivity index (χ0n) is 32.2. The van der Waals surface area contributed by atoms with Gasteiger partial charge in [0.2, 0.25) is 0 Å². The lowest BCUT2D eigenvalue weighted by molar-refractivity contribution is 0.669. The predicted molar refractivity (Wildman–Crippen MR) is 249 cm³/mol. The highest BCUT2D eigenvalue weighted by atomic mass is 16.3. The van der Waals surface area contributed by atoms with E-state index in [1.807, 2.05) is 12.1 Å². The van der Waals surface area contributed by atoms with E-state index in [9.17, 15) is 0 Å². The Morgan fingerprint density at radius 3 is 1.46 bits per heavy atom. The molecule has 0 fully saturated rings. The molecule has 0 aliphatic rings. The number of hydrogen-bond acceptors (Lipinski definition) is 3. The zero-order chi connectivity index (χ0) is 39.1. The predicted octanol–water partition coefficient (Wildman–Crippen LogP) is 16.2. The van der Waals surface area contributed by atoms with Crippen LogP contribution in [0.15, 0.2) is 235 Å². The average Bonchev–Trinajstić information content (AvgIpc) is 3.67. The van der Waals surface area contributed by atoms with Crippen LogP contribution < -0.4 is 9.80 Å². The summed E-state index contributed by atoms with van der Waals surface area (Å²) in [6, 6.07) is 82.5. The molecule has 0 spiro atoms. The fraction of sp³-hybridized carbons (Fsp3) is 0. The van der Waals surface area contributed by atoms with Crippen molar-refractivity contribution >= 4 is 77.6 Å². The highest BCUT2D eigenvalue weighted by Crippen LogP contribution is 2.43. The second-order valence-electron chi connectivity index (χ2n) is 15.0. The average molecular weight is 755 g/mol. The molecule has 11 aromatic rings. The molecule has 11 rings (SSSR count). The summed E-state index contributed by atoms with van der Waals surface area (Å²) < 4.78 is 6.31. The molecule has 3 heteroatoms. The minimum Gasteiger partial charge on any atom is -0.456 e. The van der Waals surface area contributed by atoms with E-state index in [-0.39, 0.29) is 0 Å². The van der Waals surface area contributed by atoms with Crippen molar-refractivity contribution in [1.82, 2.24) is 0 Å². The molecule has 0 amide bonds. The lowest BCUT2D eigenvalue weighted by atomic mass is 9.98. The third kappa shape index (κ3) is 6.36. The number of hydrogen-bond donors (Lipinski definition) is 0. The molecular formula is C56H38N2O. The van der Waals surface area contributed by atoms with E-state index < -0.39 is 0 Å². The summed E-state index contributed by atoms with van der Waals surface area (Å²) >= 11 is 0. The van der Waals surface area contributed by atoms with Crippen LogP contribution in [-0.2, 0) is 0 Å². The van der Waals surface area contributed by atoms with E-state index in [0.717, 1.165) is 67.0 Å². The smallest absolute Gasteiger partial charge is 0.136 e. The second-order valence-corrected chi connectivity index (χ2v) is 15.0. The van der Waals surface area contributed by atoms with Crippen molar-refractivity contribution in [3.05, 3.63) is 231 Å². The van der Waals surface area contributed by atoms with Crippen LogP contribution in [0.4, 0.5) is 34.1 Å². The molecule has 0 aliphatic carbocycles. The second kappa shape index (κ2) is 14.6. The number of furan rings is 1. The summed E-state index contributed by atoms with van der Waals surface area (Å²) in [6.07, 6.45) is 0. The van der Waals surface area contributed by atoms with E-state index in [2.05, 4.69) is 228 Å². The van der Waals surface area contributed by atoms with Gasteiger partial charge < -0.3 is 14.2 Å². The molecule has 0 saturated heterocycles. The van der Waals surface area contributed by atoms with Crippen molar-refractivity contribution in [2.45, 2.75) is 0 Å². The van der Waals surface area contributed by atoms with Crippen LogP contribution in [0.5, 0.6) is 0 Å². The molecule has 0 saturated carbocycles. The lowest BCUT2D eigenvalue weighted by Crippen LogP contribution is -2.13. The van der Waals surface area contributed by atoms with Crippen molar-refractivity contribution in [3.8, 4) is 22.3 Å². The summed E-state index contributed by atoms with van der Waals surface area (Å²) in [5, 5.41) is 6.99. The van der Waals surface area contributed by atoms with Crippen LogP contribution in [0.1, 0.15) is 0 Å². The van der Waals surface area contributed by atoms with E-state index >= 15 is 0 Å². The first-order valence-corrected chi connectivity index (χ1v) is 20.1. The zero-order valence-corrected chi connectivity index (χ0v) is 32.2. The molecule has 1 heterocycles. The summed E-state index contributed by atoms with van der Waals surface area (Å²) in [6.45, 7) is 0. The van der Waals surface area contributed by atoms with Gasteiger partial charge in [-0.2, -0.15) is 0 Å². The Labute approximate surface area is 343 Å². The molecule has 10 aromatic carbocycles. The molecule has 59 heavy (non-hydrogen) atoms.